The molecule has 1 saturated carbocycles. The highest BCUT2D eigenvalue weighted by Gasteiger charge is 2.64. The molecule has 2 aliphatic rings. The molecule has 1 unspecified atom stereocenters. The first-order chi connectivity index (χ1) is 4.55. The molecule has 0 aromatic heterocycles. The molecular formula is C8H16NP. The summed E-state index contributed by atoms with van der Waals surface area (Å²) in [6.45, 7) is 8.43. The highest BCUT2D eigenvalue weighted by molar-refractivity contribution is 7.13. The Morgan fingerprint density at radius 2 is 2.10 bits per heavy atom. The summed E-state index contributed by atoms with van der Waals surface area (Å²) < 4.78 is 2.40. The van der Waals surface area contributed by atoms with E-state index >= 15 is 0 Å². The second-order valence-corrected chi connectivity index (χ2v) is 5.05. The monoisotopic (exact) mass is 157 g/mol. The Kier molecular flexibility index (Phi) is 1.24. The molecule has 0 aromatic rings. The van der Waals surface area contributed by atoms with Crippen LogP contribution in [-0.4, -0.2) is 17.3 Å². The highest BCUT2D eigenvalue weighted by atomic mass is 31.0. The Balaban J connectivity index is 2.13. The van der Waals surface area contributed by atoms with Gasteiger partial charge in [0.2, 0.25) is 0 Å². The Morgan fingerprint density at radius 1 is 1.50 bits per heavy atom. The fourth-order valence-electron chi connectivity index (χ4n) is 2.69. The standard InChI is InChI=1S/C8H16NP/c1-5-7-6(4-9(5)10)8(7,2)3/h5-7H,4,10H2,1-3H3/t5-,6+,7-/m1/s1. The van der Waals surface area contributed by atoms with E-state index in [0.717, 1.165) is 17.9 Å². The predicted octanol–water partition coefficient (Wildman–Crippen LogP) is 1.75. The summed E-state index contributed by atoms with van der Waals surface area (Å²) >= 11 is 0. The van der Waals surface area contributed by atoms with Crippen LogP contribution in [0.15, 0.2) is 0 Å². The molecule has 0 N–H and O–H groups in total. The van der Waals surface area contributed by atoms with Gasteiger partial charge >= 0.3 is 0 Å². The van der Waals surface area contributed by atoms with Gasteiger partial charge in [0.05, 0.1) is 0 Å². The lowest BCUT2D eigenvalue weighted by molar-refractivity contribution is 0.319. The van der Waals surface area contributed by atoms with Crippen molar-refractivity contribution in [1.82, 2.24) is 4.67 Å². The van der Waals surface area contributed by atoms with Crippen molar-refractivity contribution in [2.75, 3.05) is 6.54 Å². The van der Waals surface area contributed by atoms with Crippen molar-refractivity contribution in [2.24, 2.45) is 17.3 Å². The van der Waals surface area contributed by atoms with Crippen LogP contribution in [-0.2, 0) is 0 Å². The molecule has 0 aromatic carbocycles. The second kappa shape index (κ2) is 1.76. The molecule has 1 aliphatic heterocycles. The molecule has 1 aliphatic carbocycles. The molecule has 0 amide bonds. The average molecular weight is 157 g/mol. The minimum atomic E-state index is 0.659. The normalized spacial score (nSPS) is 51.0. The van der Waals surface area contributed by atoms with Gasteiger partial charge in [0.1, 0.15) is 0 Å². The summed E-state index contributed by atoms with van der Waals surface area (Å²) in [5.41, 5.74) is 0.659. The van der Waals surface area contributed by atoms with E-state index in [1.807, 2.05) is 0 Å². The van der Waals surface area contributed by atoms with Crippen molar-refractivity contribution in [3.8, 4) is 0 Å². The van der Waals surface area contributed by atoms with Crippen molar-refractivity contribution in [2.45, 2.75) is 26.8 Å². The van der Waals surface area contributed by atoms with E-state index in [0.29, 0.717) is 5.41 Å². The third-order valence-electron chi connectivity index (χ3n) is 3.59. The quantitative estimate of drug-likeness (QED) is 0.484. The van der Waals surface area contributed by atoms with Crippen LogP contribution in [0.1, 0.15) is 20.8 Å². The van der Waals surface area contributed by atoms with Gasteiger partial charge in [0.15, 0.2) is 0 Å². The van der Waals surface area contributed by atoms with Crippen molar-refractivity contribution < 1.29 is 0 Å². The Morgan fingerprint density at radius 3 is 2.40 bits per heavy atom. The maximum atomic E-state index is 2.83. The molecule has 0 bridgehead atoms. The van der Waals surface area contributed by atoms with E-state index in [2.05, 4.69) is 34.8 Å². The molecule has 2 fully saturated rings. The number of rotatable bonds is 0. The van der Waals surface area contributed by atoms with Gasteiger partial charge in [-0.3, -0.25) is 4.67 Å². The van der Waals surface area contributed by atoms with Crippen molar-refractivity contribution >= 4 is 9.39 Å². The van der Waals surface area contributed by atoms with E-state index in [1.165, 1.54) is 6.54 Å². The fourth-order valence-corrected chi connectivity index (χ4v) is 3.11. The van der Waals surface area contributed by atoms with Gasteiger partial charge in [-0.2, -0.15) is 0 Å². The van der Waals surface area contributed by atoms with Gasteiger partial charge in [-0.05, 0) is 24.2 Å². The van der Waals surface area contributed by atoms with E-state index in [1.54, 1.807) is 0 Å². The van der Waals surface area contributed by atoms with Gasteiger partial charge in [-0.25, -0.2) is 0 Å². The molecular weight excluding hydrogens is 141 g/mol. The van der Waals surface area contributed by atoms with Crippen LogP contribution >= 0.6 is 9.39 Å². The largest absolute Gasteiger partial charge is 0.284 e. The minimum absolute atomic E-state index is 0.659. The topological polar surface area (TPSA) is 3.24 Å². The molecule has 2 rings (SSSR count). The molecule has 0 spiro atoms. The molecule has 0 radical (unpaired) electrons. The fraction of sp³-hybridized carbons (Fsp3) is 1.00. The molecule has 10 heavy (non-hydrogen) atoms. The molecule has 1 saturated heterocycles. The molecule has 58 valence electrons. The zero-order valence-corrected chi connectivity index (χ0v) is 8.12. The summed E-state index contributed by atoms with van der Waals surface area (Å²) in [4.78, 5) is 0. The van der Waals surface area contributed by atoms with Gasteiger partial charge in [-0.1, -0.05) is 23.2 Å². The summed E-state index contributed by atoms with van der Waals surface area (Å²) in [7, 11) is 2.83. The first-order valence-corrected chi connectivity index (χ1v) is 4.58. The lowest BCUT2D eigenvalue weighted by Crippen LogP contribution is -2.25. The smallest absolute Gasteiger partial charge is 0.0138 e. The number of nitrogens with zero attached hydrogens (tertiary/aromatic N) is 1. The van der Waals surface area contributed by atoms with Crippen LogP contribution in [0.3, 0.4) is 0 Å². The third-order valence-corrected chi connectivity index (χ3v) is 4.27. The maximum absolute atomic E-state index is 2.83. The highest BCUT2D eigenvalue weighted by Crippen LogP contribution is 2.65. The summed E-state index contributed by atoms with van der Waals surface area (Å²) in [5.74, 6) is 1.96. The van der Waals surface area contributed by atoms with Crippen LogP contribution in [0.2, 0.25) is 0 Å². The maximum Gasteiger partial charge on any atom is 0.0138 e. The second-order valence-electron chi connectivity index (χ2n) is 4.39. The van der Waals surface area contributed by atoms with E-state index < -0.39 is 0 Å². The van der Waals surface area contributed by atoms with Gasteiger partial charge in [-0.15, -0.1) is 0 Å². The summed E-state index contributed by atoms with van der Waals surface area (Å²) in [5, 5.41) is 0. The zero-order valence-electron chi connectivity index (χ0n) is 6.96. The summed E-state index contributed by atoms with van der Waals surface area (Å²) in [6.07, 6.45) is 0. The lowest BCUT2D eigenvalue weighted by atomic mass is 10.0. The number of piperidine rings is 1. The Hall–Kier alpha value is 0.390. The molecule has 4 atom stereocenters. The lowest BCUT2D eigenvalue weighted by Gasteiger charge is -2.22. The zero-order chi connectivity index (χ0) is 7.52. The Bertz CT molecular complexity index is 165. The van der Waals surface area contributed by atoms with E-state index in [4.69, 9.17) is 0 Å². The SMILES string of the molecule is C[C@@H]1[C@@H]2[C@H](CN1P)C2(C)C. The van der Waals surface area contributed by atoms with Crippen molar-refractivity contribution in [3.63, 3.8) is 0 Å². The summed E-state index contributed by atoms with van der Waals surface area (Å²) in [6, 6.07) is 0.796. The first kappa shape index (κ1) is 7.06. The van der Waals surface area contributed by atoms with Gasteiger partial charge in [0.25, 0.3) is 0 Å². The van der Waals surface area contributed by atoms with E-state index in [-0.39, 0.29) is 0 Å². The van der Waals surface area contributed by atoms with E-state index in [9.17, 15) is 0 Å². The molecule has 2 heteroatoms. The number of hydrogen-bond acceptors (Lipinski definition) is 1. The van der Waals surface area contributed by atoms with Crippen LogP contribution in [0, 0.1) is 17.3 Å². The van der Waals surface area contributed by atoms with Gasteiger partial charge < -0.3 is 0 Å². The van der Waals surface area contributed by atoms with Gasteiger partial charge in [0, 0.05) is 12.6 Å². The first-order valence-electron chi connectivity index (χ1n) is 4.06. The average Bonchev–Trinajstić information content (AvgIpc) is 2.12. The van der Waals surface area contributed by atoms with Crippen molar-refractivity contribution in [3.05, 3.63) is 0 Å². The van der Waals surface area contributed by atoms with Crippen LogP contribution < -0.4 is 0 Å². The third kappa shape index (κ3) is 0.658. The molecule has 1 nitrogen and oxygen atoms in total. The Labute approximate surface area is 65.4 Å². The number of hydrogen-bond donors (Lipinski definition) is 0. The van der Waals surface area contributed by atoms with Crippen molar-refractivity contribution in [1.29, 1.82) is 0 Å². The van der Waals surface area contributed by atoms with Crippen LogP contribution in [0.4, 0.5) is 0 Å². The van der Waals surface area contributed by atoms with Crippen LogP contribution in [0.25, 0.3) is 0 Å². The minimum Gasteiger partial charge on any atom is -0.284 e. The predicted molar refractivity (Wildman–Crippen MR) is 46.6 cm³/mol. The molecule has 1 heterocycles. The van der Waals surface area contributed by atoms with Crippen LogP contribution in [0.5, 0.6) is 0 Å². The number of fused-ring (bicyclic) bond motifs is 1.